The minimum atomic E-state index is -3.73. The molecule has 32 heavy (non-hydrogen) atoms. The monoisotopic (exact) mass is 461 g/mol. The molecule has 2 amide bonds. The van der Waals surface area contributed by atoms with Crippen molar-refractivity contribution in [3.63, 3.8) is 0 Å². The molecular weight excluding hydrogens is 430 g/mol. The van der Waals surface area contributed by atoms with Gasteiger partial charge in [-0.3, -0.25) is 0 Å². The first-order chi connectivity index (χ1) is 15.3. The first-order valence-electron chi connectivity index (χ1n) is 10.7. The van der Waals surface area contributed by atoms with Crippen molar-refractivity contribution in [3.8, 4) is 11.5 Å². The molecule has 1 aliphatic carbocycles. The second kappa shape index (κ2) is 10.1. The highest BCUT2D eigenvalue weighted by atomic mass is 32.2. The lowest BCUT2D eigenvalue weighted by atomic mass is 10.1. The number of hydrogen-bond donors (Lipinski definition) is 1. The van der Waals surface area contributed by atoms with Crippen LogP contribution in [0, 0.1) is 0 Å². The summed E-state index contributed by atoms with van der Waals surface area (Å²) in [5.74, 6) is 0.814. The van der Waals surface area contributed by atoms with Crippen LogP contribution >= 0.6 is 0 Å². The van der Waals surface area contributed by atoms with Crippen LogP contribution in [-0.2, 0) is 16.7 Å². The van der Waals surface area contributed by atoms with Gasteiger partial charge >= 0.3 is 16.1 Å². The summed E-state index contributed by atoms with van der Waals surface area (Å²) in [6.45, 7) is 5.86. The SMILES string of the molecule is CCN(CC)c1ccc(CN(C(=O)Nc2ccccc2OC)C2CC2)c(OS(C)(=O)=O)c1. The third kappa shape index (κ3) is 6.06. The molecule has 8 nitrogen and oxygen atoms in total. The Labute approximate surface area is 190 Å². The van der Waals surface area contributed by atoms with Crippen LogP contribution in [0.25, 0.3) is 0 Å². The molecule has 0 spiro atoms. The van der Waals surface area contributed by atoms with Crippen LogP contribution in [0.2, 0.25) is 0 Å². The Morgan fingerprint density at radius 3 is 2.38 bits per heavy atom. The van der Waals surface area contributed by atoms with Crippen molar-refractivity contribution in [2.45, 2.75) is 39.3 Å². The smallest absolute Gasteiger partial charge is 0.322 e. The predicted octanol–water partition coefficient (Wildman–Crippen LogP) is 4.08. The lowest BCUT2D eigenvalue weighted by Crippen LogP contribution is -2.36. The van der Waals surface area contributed by atoms with Crippen molar-refractivity contribution in [2.75, 3.05) is 36.7 Å². The zero-order valence-electron chi connectivity index (χ0n) is 19.0. The maximum atomic E-state index is 13.1. The number of nitrogens with one attached hydrogen (secondary N) is 1. The summed E-state index contributed by atoms with van der Waals surface area (Å²) < 4.78 is 34.5. The minimum absolute atomic E-state index is 0.0956. The molecule has 0 heterocycles. The molecule has 9 heteroatoms. The second-order valence-corrected chi connectivity index (χ2v) is 9.32. The van der Waals surface area contributed by atoms with Crippen molar-refractivity contribution >= 4 is 27.5 Å². The second-order valence-electron chi connectivity index (χ2n) is 7.74. The van der Waals surface area contributed by atoms with Crippen LogP contribution in [0.5, 0.6) is 11.5 Å². The van der Waals surface area contributed by atoms with Crippen molar-refractivity contribution in [2.24, 2.45) is 0 Å². The molecule has 0 atom stereocenters. The van der Waals surface area contributed by atoms with Gasteiger partial charge in [0.2, 0.25) is 0 Å². The highest BCUT2D eigenvalue weighted by Gasteiger charge is 2.33. The van der Waals surface area contributed by atoms with Gasteiger partial charge in [-0.1, -0.05) is 18.2 Å². The number of nitrogens with zero attached hydrogens (tertiary/aromatic N) is 2. The third-order valence-corrected chi connectivity index (χ3v) is 5.84. The topological polar surface area (TPSA) is 88.2 Å². The van der Waals surface area contributed by atoms with Gasteiger partial charge in [0, 0.05) is 36.4 Å². The number of benzene rings is 2. The van der Waals surface area contributed by atoms with E-state index in [4.69, 9.17) is 8.92 Å². The largest absolute Gasteiger partial charge is 0.495 e. The number of para-hydroxylation sites is 2. The van der Waals surface area contributed by atoms with Crippen LogP contribution < -0.4 is 19.1 Å². The zero-order chi connectivity index (χ0) is 23.3. The van der Waals surface area contributed by atoms with E-state index >= 15 is 0 Å². The van der Waals surface area contributed by atoms with E-state index in [0.29, 0.717) is 17.0 Å². The number of anilines is 2. The van der Waals surface area contributed by atoms with Gasteiger partial charge < -0.3 is 24.0 Å². The molecular formula is C23H31N3O5S. The zero-order valence-corrected chi connectivity index (χ0v) is 19.8. The average molecular weight is 462 g/mol. The summed E-state index contributed by atoms with van der Waals surface area (Å²) in [4.78, 5) is 16.9. The molecule has 0 aliphatic heterocycles. The van der Waals surface area contributed by atoms with E-state index in [0.717, 1.165) is 37.9 Å². The molecule has 1 saturated carbocycles. The molecule has 2 aromatic rings. The van der Waals surface area contributed by atoms with Crippen LogP contribution in [-0.4, -0.2) is 51.8 Å². The summed E-state index contributed by atoms with van der Waals surface area (Å²) in [5.41, 5.74) is 2.08. The quantitative estimate of drug-likeness (QED) is 0.537. The highest BCUT2D eigenvalue weighted by molar-refractivity contribution is 7.86. The van der Waals surface area contributed by atoms with Gasteiger partial charge in [-0.2, -0.15) is 8.42 Å². The standard InChI is InChI=1S/C23H31N3O5S/c1-5-25(6-2)19-12-11-17(22(15-19)31-32(4,28)29)16-26(18-13-14-18)23(27)24-20-9-7-8-10-21(20)30-3/h7-12,15,18H,5-6,13-14,16H2,1-4H3,(H,24,27). The third-order valence-electron chi connectivity index (χ3n) is 5.36. The lowest BCUT2D eigenvalue weighted by Gasteiger charge is -2.26. The van der Waals surface area contributed by atoms with E-state index < -0.39 is 10.1 Å². The highest BCUT2D eigenvalue weighted by Crippen LogP contribution is 2.34. The van der Waals surface area contributed by atoms with Crippen LogP contribution in [0.15, 0.2) is 42.5 Å². The van der Waals surface area contributed by atoms with Crippen molar-refractivity contribution in [1.82, 2.24) is 4.90 Å². The number of hydrogen-bond acceptors (Lipinski definition) is 6. The Balaban J connectivity index is 1.88. The number of carbonyl (C=O) groups is 1. The molecule has 3 rings (SSSR count). The van der Waals surface area contributed by atoms with E-state index in [-0.39, 0.29) is 24.4 Å². The molecule has 1 N–H and O–H groups in total. The number of carbonyl (C=O) groups excluding carboxylic acids is 1. The van der Waals surface area contributed by atoms with Gasteiger partial charge in [-0.15, -0.1) is 0 Å². The number of urea groups is 1. The first-order valence-corrected chi connectivity index (χ1v) is 12.5. The normalized spacial score (nSPS) is 13.4. The first kappa shape index (κ1) is 23.7. The number of amides is 2. The van der Waals surface area contributed by atoms with Crippen molar-refractivity contribution in [1.29, 1.82) is 0 Å². The molecule has 0 radical (unpaired) electrons. The molecule has 1 aliphatic rings. The van der Waals surface area contributed by atoms with Crippen molar-refractivity contribution in [3.05, 3.63) is 48.0 Å². The van der Waals surface area contributed by atoms with Gasteiger partial charge in [-0.25, -0.2) is 4.79 Å². The number of ether oxygens (including phenoxy) is 1. The Morgan fingerprint density at radius 1 is 1.09 bits per heavy atom. The summed E-state index contributed by atoms with van der Waals surface area (Å²) in [6.07, 6.45) is 2.83. The number of rotatable bonds is 10. The van der Waals surface area contributed by atoms with E-state index in [1.165, 1.54) is 0 Å². The minimum Gasteiger partial charge on any atom is -0.495 e. The fourth-order valence-electron chi connectivity index (χ4n) is 3.57. The maximum Gasteiger partial charge on any atom is 0.322 e. The van der Waals surface area contributed by atoms with Gasteiger partial charge in [0.1, 0.15) is 11.5 Å². The van der Waals surface area contributed by atoms with Crippen LogP contribution in [0.3, 0.4) is 0 Å². The van der Waals surface area contributed by atoms with E-state index in [1.807, 2.05) is 38.1 Å². The Kier molecular flexibility index (Phi) is 7.50. The molecule has 1 fully saturated rings. The predicted molar refractivity (Wildman–Crippen MR) is 126 cm³/mol. The van der Waals surface area contributed by atoms with E-state index in [1.54, 1.807) is 30.2 Å². The van der Waals surface area contributed by atoms with E-state index in [9.17, 15) is 13.2 Å². The van der Waals surface area contributed by atoms with Crippen molar-refractivity contribution < 1.29 is 22.1 Å². The molecule has 0 aromatic heterocycles. The molecule has 0 unspecified atom stereocenters. The van der Waals surface area contributed by atoms with E-state index in [2.05, 4.69) is 10.2 Å². The average Bonchev–Trinajstić information content (AvgIpc) is 3.58. The molecule has 2 aromatic carbocycles. The van der Waals surface area contributed by atoms with Gasteiger partial charge in [0.05, 0.1) is 25.6 Å². The Morgan fingerprint density at radius 2 is 1.78 bits per heavy atom. The summed E-state index contributed by atoms with van der Waals surface area (Å²) in [7, 11) is -2.18. The van der Waals surface area contributed by atoms with Crippen LogP contribution in [0.1, 0.15) is 32.3 Å². The molecule has 174 valence electrons. The lowest BCUT2D eigenvalue weighted by molar-refractivity contribution is 0.205. The number of methoxy groups -OCH3 is 1. The maximum absolute atomic E-state index is 13.1. The summed E-state index contributed by atoms with van der Waals surface area (Å²) >= 11 is 0. The Hall–Kier alpha value is -2.94. The summed E-state index contributed by atoms with van der Waals surface area (Å²) in [6, 6.07) is 12.5. The molecule has 0 saturated heterocycles. The Bertz CT molecular complexity index is 1050. The van der Waals surface area contributed by atoms with Gasteiger partial charge in [-0.05, 0) is 44.9 Å². The fourth-order valence-corrected chi connectivity index (χ4v) is 4.05. The fraction of sp³-hybridized carbons (Fsp3) is 0.435. The van der Waals surface area contributed by atoms with Gasteiger partial charge in [0.15, 0.2) is 0 Å². The van der Waals surface area contributed by atoms with Gasteiger partial charge in [0.25, 0.3) is 0 Å². The summed E-state index contributed by atoms with van der Waals surface area (Å²) in [5, 5.41) is 2.91. The van der Waals surface area contributed by atoms with Crippen LogP contribution in [0.4, 0.5) is 16.2 Å². The molecule has 0 bridgehead atoms.